The Morgan fingerprint density at radius 1 is 0.735 bits per heavy atom. The van der Waals surface area contributed by atoms with Gasteiger partial charge in [-0.25, -0.2) is 16.8 Å². The van der Waals surface area contributed by atoms with Crippen LogP contribution in [0.3, 0.4) is 0 Å². The third-order valence-corrected chi connectivity index (χ3v) is 9.82. The van der Waals surface area contributed by atoms with Gasteiger partial charge in [0.15, 0.2) is 0 Å². The lowest BCUT2D eigenvalue weighted by atomic mass is 10.0. The summed E-state index contributed by atoms with van der Waals surface area (Å²) in [6.45, 7) is 0.146. The summed E-state index contributed by atoms with van der Waals surface area (Å²) in [5.74, 6) is 0. The zero-order valence-electron chi connectivity index (χ0n) is 17.6. The first-order valence-electron chi connectivity index (χ1n) is 10.1. The van der Waals surface area contributed by atoms with Gasteiger partial charge < -0.3 is 4.74 Å². The van der Waals surface area contributed by atoms with Crippen molar-refractivity contribution in [2.24, 2.45) is 0 Å². The Balaban J connectivity index is 1.53. The van der Waals surface area contributed by atoms with Crippen LogP contribution < -0.4 is 0 Å². The normalized spacial score (nSPS) is 19.3. The minimum atomic E-state index is -4.05. The quantitative estimate of drug-likeness (QED) is 0.413. The summed E-state index contributed by atoms with van der Waals surface area (Å²) in [4.78, 5) is 20.2. The van der Waals surface area contributed by atoms with Crippen molar-refractivity contribution >= 4 is 31.4 Å². The lowest BCUT2D eigenvalue weighted by molar-refractivity contribution is -0.385. The molecule has 0 amide bonds. The van der Waals surface area contributed by atoms with Crippen molar-refractivity contribution in [1.29, 1.82) is 0 Å². The fourth-order valence-electron chi connectivity index (χ4n) is 4.16. The van der Waals surface area contributed by atoms with Gasteiger partial charge in [-0.15, -0.1) is 0 Å². The molecular formula is C19H20N4O9S2. The van der Waals surface area contributed by atoms with E-state index in [0.29, 0.717) is 0 Å². The Bertz CT molecular complexity index is 1320. The number of nitrogens with zero attached hydrogens (tertiary/aromatic N) is 4. The fraction of sp³-hybridized carbons (Fsp3) is 0.368. The van der Waals surface area contributed by atoms with Gasteiger partial charge in [0.1, 0.15) is 5.72 Å². The smallest absolute Gasteiger partial charge is 0.269 e. The van der Waals surface area contributed by atoms with Crippen LogP contribution in [0.2, 0.25) is 0 Å². The van der Waals surface area contributed by atoms with Crippen molar-refractivity contribution in [1.82, 2.24) is 8.61 Å². The molecule has 0 aromatic heterocycles. The summed E-state index contributed by atoms with van der Waals surface area (Å²) >= 11 is 0. The van der Waals surface area contributed by atoms with E-state index in [1.807, 2.05) is 0 Å². The van der Waals surface area contributed by atoms with Crippen molar-refractivity contribution < 1.29 is 31.4 Å². The van der Waals surface area contributed by atoms with Crippen molar-refractivity contribution in [2.45, 2.75) is 28.4 Å². The molecule has 2 aromatic rings. The molecule has 0 unspecified atom stereocenters. The summed E-state index contributed by atoms with van der Waals surface area (Å²) in [5.41, 5.74) is -1.71. The second kappa shape index (κ2) is 8.66. The van der Waals surface area contributed by atoms with Gasteiger partial charge in [0.25, 0.3) is 11.4 Å². The summed E-state index contributed by atoms with van der Waals surface area (Å²) in [7, 11) is -8.00. The maximum Gasteiger partial charge on any atom is 0.269 e. The molecule has 2 fully saturated rings. The largest absolute Gasteiger partial charge is 0.358 e. The number of hydrogen-bond acceptors (Lipinski definition) is 9. The molecule has 0 bridgehead atoms. The molecule has 0 atom stereocenters. The van der Waals surface area contributed by atoms with Crippen LogP contribution in [0.25, 0.3) is 0 Å². The monoisotopic (exact) mass is 512 g/mol. The van der Waals surface area contributed by atoms with E-state index in [0.717, 1.165) is 48.5 Å². The number of sulfonamides is 2. The number of benzene rings is 2. The van der Waals surface area contributed by atoms with E-state index in [1.54, 1.807) is 0 Å². The van der Waals surface area contributed by atoms with E-state index in [-0.39, 0.29) is 60.2 Å². The Labute approximate surface area is 194 Å². The minimum absolute atomic E-state index is 0.0222. The van der Waals surface area contributed by atoms with Gasteiger partial charge in [-0.2, -0.15) is 8.61 Å². The lowest BCUT2D eigenvalue weighted by Gasteiger charge is -2.42. The highest BCUT2D eigenvalue weighted by molar-refractivity contribution is 7.89. The van der Waals surface area contributed by atoms with Crippen LogP contribution in [-0.2, 0) is 24.8 Å². The van der Waals surface area contributed by atoms with Crippen LogP contribution in [0, 0.1) is 20.2 Å². The van der Waals surface area contributed by atoms with Crippen LogP contribution in [0.4, 0.5) is 11.4 Å². The standard InChI is InChI=1S/C19H20N4O9S2/c24-22(25)15-1-5-17(6-2-15)33(28,29)20-11-9-19(10-12-20)21(13-14-32-19)34(30,31)18-7-3-16(4-8-18)23(26)27/h1-8H,9-14H2. The Morgan fingerprint density at radius 3 is 1.62 bits per heavy atom. The predicted molar refractivity (Wildman–Crippen MR) is 117 cm³/mol. The van der Waals surface area contributed by atoms with Gasteiger partial charge in [-0.05, 0) is 24.3 Å². The van der Waals surface area contributed by atoms with E-state index in [9.17, 15) is 37.1 Å². The van der Waals surface area contributed by atoms with Gasteiger partial charge >= 0.3 is 0 Å². The highest BCUT2D eigenvalue weighted by atomic mass is 32.2. The molecule has 13 nitrogen and oxygen atoms in total. The summed E-state index contributed by atoms with van der Waals surface area (Å²) < 4.78 is 60.7. The first-order valence-corrected chi connectivity index (χ1v) is 13.0. The van der Waals surface area contributed by atoms with Crippen molar-refractivity contribution in [3.05, 3.63) is 68.8 Å². The van der Waals surface area contributed by atoms with Crippen LogP contribution in [-0.4, -0.2) is 67.3 Å². The molecular weight excluding hydrogens is 492 g/mol. The average Bonchev–Trinajstić information content (AvgIpc) is 3.23. The third kappa shape index (κ3) is 4.16. The van der Waals surface area contributed by atoms with Crippen LogP contribution in [0.1, 0.15) is 12.8 Å². The van der Waals surface area contributed by atoms with Crippen molar-refractivity contribution in [3.8, 4) is 0 Å². The van der Waals surface area contributed by atoms with Gasteiger partial charge in [-0.1, -0.05) is 0 Å². The summed E-state index contributed by atoms with van der Waals surface area (Å²) in [6, 6.07) is 9.07. The average molecular weight is 513 g/mol. The first-order chi connectivity index (χ1) is 16.0. The number of rotatable bonds is 6. The highest BCUT2D eigenvalue weighted by Crippen LogP contribution is 2.39. The number of non-ortho nitro benzene ring substituents is 2. The van der Waals surface area contributed by atoms with Crippen LogP contribution >= 0.6 is 0 Å². The molecule has 2 aromatic carbocycles. The molecule has 0 saturated carbocycles. The zero-order chi connectivity index (χ0) is 24.7. The Hall–Kier alpha value is -2.98. The molecule has 2 saturated heterocycles. The lowest BCUT2D eigenvalue weighted by Crippen LogP contribution is -2.55. The fourth-order valence-corrected chi connectivity index (χ4v) is 7.32. The Morgan fingerprint density at radius 2 is 1.18 bits per heavy atom. The molecule has 2 heterocycles. The van der Waals surface area contributed by atoms with Crippen molar-refractivity contribution in [3.63, 3.8) is 0 Å². The number of piperidine rings is 1. The molecule has 182 valence electrons. The van der Waals surface area contributed by atoms with E-state index in [2.05, 4.69) is 0 Å². The van der Waals surface area contributed by atoms with E-state index in [1.165, 1.54) is 8.61 Å². The molecule has 34 heavy (non-hydrogen) atoms. The number of nitro groups is 2. The molecule has 0 radical (unpaired) electrons. The van der Waals surface area contributed by atoms with E-state index in [4.69, 9.17) is 4.74 Å². The predicted octanol–water partition coefficient (Wildman–Crippen LogP) is 1.70. The molecule has 2 aliphatic rings. The molecule has 0 N–H and O–H groups in total. The summed E-state index contributed by atoms with van der Waals surface area (Å²) in [6.07, 6.45) is 0.150. The Kier molecular flexibility index (Phi) is 6.15. The summed E-state index contributed by atoms with van der Waals surface area (Å²) in [5, 5.41) is 21.7. The first kappa shape index (κ1) is 24.2. The van der Waals surface area contributed by atoms with Gasteiger partial charge in [-0.3, -0.25) is 20.2 Å². The minimum Gasteiger partial charge on any atom is -0.358 e. The van der Waals surface area contributed by atoms with Gasteiger partial charge in [0, 0.05) is 56.7 Å². The van der Waals surface area contributed by atoms with Gasteiger partial charge in [0.2, 0.25) is 20.0 Å². The van der Waals surface area contributed by atoms with Crippen molar-refractivity contribution in [2.75, 3.05) is 26.2 Å². The third-order valence-electron chi connectivity index (χ3n) is 5.94. The topological polar surface area (TPSA) is 170 Å². The number of nitro benzene ring substituents is 2. The maximum atomic E-state index is 13.3. The number of ether oxygens (including phenoxy) is 1. The number of hydrogen-bond donors (Lipinski definition) is 0. The zero-order valence-corrected chi connectivity index (χ0v) is 19.3. The maximum absolute atomic E-state index is 13.3. The van der Waals surface area contributed by atoms with E-state index >= 15 is 0 Å². The second-order valence-electron chi connectivity index (χ2n) is 7.78. The second-order valence-corrected chi connectivity index (χ2v) is 11.6. The highest BCUT2D eigenvalue weighted by Gasteiger charge is 2.51. The molecule has 0 aliphatic carbocycles. The van der Waals surface area contributed by atoms with Gasteiger partial charge in [0.05, 0.1) is 26.2 Å². The molecule has 4 rings (SSSR count). The SMILES string of the molecule is O=[N+]([O-])c1ccc(S(=O)(=O)N2CCC3(CC2)OCCN3S(=O)(=O)c2ccc([N+](=O)[O-])cc2)cc1. The molecule has 15 heteroatoms. The van der Waals surface area contributed by atoms with Crippen LogP contribution in [0.15, 0.2) is 58.3 Å². The van der Waals surface area contributed by atoms with E-state index < -0.39 is 35.6 Å². The molecule has 1 spiro atoms. The molecule has 2 aliphatic heterocycles. The van der Waals surface area contributed by atoms with Crippen LogP contribution in [0.5, 0.6) is 0 Å².